The molecule has 1 saturated heterocycles. The summed E-state index contributed by atoms with van der Waals surface area (Å²) in [5.74, 6) is -1.50. The van der Waals surface area contributed by atoms with Gasteiger partial charge in [0.1, 0.15) is 0 Å². The van der Waals surface area contributed by atoms with Gasteiger partial charge in [0.2, 0.25) is 0 Å². The molecule has 1 fully saturated rings. The minimum absolute atomic E-state index is 0.0557. The van der Waals surface area contributed by atoms with Gasteiger partial charge in [-0.2, -0.15) is 0 Å². The second kappa shape index (κ2) is 8.49. The number of fused-ring (bicyclic) bond motifs is 1. The SMILES string of the molecule is O=C(OCC(=O)N1CCCCC1)c1cccc(CN2C(=O)c3ccccc3C2=O)c1. The number of carbonyl (C=O) groups excluding carboxylic acids is 4. The number of benzene rings is 2. The fourth-order valence-corrected chi connectivity index (χ4v) is 3.81. The van der Waals surface area contributed by atoms with Crippen LogP contribution in [0.25, 0.3) is 0 Å². The lowest BCUT2D eigenvalue weighted by Gasteiger charge is -2.26. The number of rotatable bonds is 5. The number of hydrogen-bond donors (Lipinski definition) is 0. The molecule has 4 rings (SSSR count). The van der Waals surface area contributed by atoms with Gasteiger partial charge in [-0.15, -0.1) is 0 Å². The topological polar surface area (TPSA) is 84.0 Å². The lowest BCUT2D eigenvalue weighted by molar-refractivity contribution is -0.135. The van der Waals surface area contributed by atoms with Crippen molar-refractivity contribution >= 4 is 23.7 Å². The molecule has 0 bridgehead atoms. The van der Waals surface area contributed by atoms with Crippen molar-refractivity contribution in [2.45, 2.75) is 25.8 Å². The first-order chi connectivity index (χ1) is 14.5. The maximum atomic E-state index is 12.5. The van der Waals surface area contributed by atoms with E-state index in [1.54, 1.807) is 53.4 Å². The molecule has 0 radical (unpaired) electrons. The monoisotopic (exact) mass is 406 g/mol. The normalized spacial score (nSPS) is 15.9. The number of ether oxygens (including phenoxy) is 1. The van der Waals surface area contributed by atoms with Crippen LogP contribution < -0.4 is 0 Å². The van der Waals surface area contributed by atoms with Crippen LogP contribution in [0.4, 0.5) is 0 Å². The molecule has 0 N–H and O–H groups in total. The van der Waals surface area contributed by atoms with E-state index in [1.807, 2.05) is 0 Å². The molecule has 0 aromatic heterocycles. The van der Waals surface area contributed by atoms with Crippen LogP contribution in [0.2, 0.25) is 0 Å². The van der Waals surface area contributed by atoms with Crippen LogP contribution in [-0.4, -0.2) is 53.2 Å². The van der Waals surface area contributed by atoms with Crippen molar-refractivity contribution in [1.82, 2.24) is 9.80 Å². The summed E-state index contributed by atoms with van der Waals surface area (Å²) in [5.41, 5.74) is 1.67. The summed E-state index contributed by atoms with van der Waals surface area (Å²) in [6.07, 6.45) is 3.06. The molecule has 30 heavy (non-hydrogen) atoms. The Hall–Kier alpha value is -3.48. The molecule has 154 valence electrons. The summed E-state index contributed by atoms with van der Waals surface area (Å²) in [7, 11) is 0. The zero-order chi connectivity index (χ0) is 21.1. The number of nitrogens with zero attached hydrogens (tertiary/aromatic N) is 2. The van der Waals surface area contributed by atoms with Gasteiger partial charge >= 0.3 is 5.97 Å². The number of imide groups is 1. The first-order valence-electron chi connectivity index (χ1n) is 10.0. The number of likely N-dealkylation sites (tertiary alicyclic amines) is 1. The second-order valence-corrected chi connectivity index (χ2v) is 7.46. The van der Waals surface area contributed by atoms with E-state index in [4.69, 9.17) is 4.74 Å². The molecule has 0 spiro atoms. The molecule has 0 saturated carbocycles. The van der Waals surface area contributed by atoms with Gasteiger partial charge in [-0.3, -0.25) is 19.3 Å². The third-order valence-electron chi connectivity index (χ3n) is 5.42. The quantitative estimate of drug-likeness (QED) is 0.563. The Morgan fingerprint density at radius 3 is 2.20 bits per heavy atom. The van der Waals surface area contributed by atoms with E-state index in [1.165, 1.54) is 0 Å². The fourth-order valence-electron chi connectivity index (χ4n) is 3.81. The number of carbonyl (C=O) groups is 4. The highest BCUT2D eigenvalue weighted by molar-refractivity contribution is 6.21. The molecule has 2 heterocycles. The standard InChI is InChI=1S/C23H22N2O5/c26-20(24-11-4-1-5-12-24)15-30-23(29)17-8-6-7-16(13-17)14-25-21(27)18-9-2-3-10-19(18)22(25)28/h2-3,6-10,13H,1,4-5,11-12,14-15H2. The molecule has 2 aromatic carbocycles. The van der Waals surface area contributed by atoms with Crippen molar-refractivity contribution in [3.05, 3.63) is 70.8 Å². The predicted octanol–water partition coefficient (Wildman–Crippen LogP) is 2.65. The van der Waals surface area contributed by atoms with Gasteiger partial charge in [-0.25, -0.2) is 4.79 Å². The van der Waals surface area contributed by atoms with Crippen LogP contribution in [0.1, 0.15) is 55.9 Å². The van der Waals surface area contributed by atoms with Crippen molar-refractivity contribution in [2.75, 3.05) is 19.7 Å². The van der Waals surface area contributed by atoms with Gasteiger partial charge in [-0.05, 0) is 49.1 Å². The van der Waals surface area contributed by atoms with E-state index in [9.17, 15) is 19.2 Å². The average molecular weight is 406 g/mol. The molecular weight excluding hydrogens is 384 g/mol. The summed E-state index contributed by atoms with van der Waals surface area (Å²) >= 11 is 0. The van der Waals surface area contributed by atoms with Crippen molar-refractivity contribution in [3.63, 3.8) is 0 Å². The summed E-state index contributed by atoms with van der Waals surface area (Å²) < 4.78 is 5.18. The first kappa shape index (κ1) is 19.8. The molecule has 7 heteroatoms. The largest absolute Gasteiger partial charge is 0.452 e. The molecule has 2 aliphatic heterocycles. The van der Waals surface area contributed by atoms with E-state index in [-0.39, 0.29) is 36.4 Å². The Bertz CT molecular complexity index is 975. The Kier molecular flexibility index (Phi) is 5.61. The first-order valence-corrected chi connectivity index (χ1v) is 10.0. The van der Waals surface area contributed by atoms with Gasteiger partial charge < -0.3 is 9.64 Å². The molecule has 2 aromatic rings. The summed E-state index contributed by atoms with van der Waals surface area (Å²) in [5, 5.41) is 0. The highest BCUT2D eigenvalue weighted by atomic mass is 16.5. The molecule has 0 aliphatic carbocycles. The zero-order valence-corrected chi connectivity index (χ0v) is 16.5. The average Bonchev–Trinajstić information content (AvgIpc) is 3.03. The van der Waals surface area contributed by atoms with E-state index in [2.05, 4.69) is 0 Å². The Morgan fingerprint density at radius 1 is 0.867 bits per heavy atom. The van der Waals surface area contributed by atoms with Gasteiger partial charge in [0.15, 0.2) is 6.61 Å². The fraction of sp³-hybridized carbons (Fsp3) is 0.304. The van der Waals surface area contributed by atoms with Crippen LogP contribution in [0.15, 0.2) is 48.5 Å². The number of esters is 1. The molecule has 7 nitrogen and oxygen atoms in total. The van der Waals surface area contributed by atoms with Crippen LogP contribution >= 0.6 is 0 Å². The van der Waals surface area contributed by atoms with Gasteiger partial charge in [-0.1, -0.05) is 24.3 Å². The summed E-state index contributed by atoms with van der Waals surface area (Å²) in [6, 6.07) is 13.3. The van der Waals surface area contributed by atoms with Crippen LogP contribution in [-0.2, 0) is 16.1 Å². The van der Waals surface area contributed by atoms with Crippen molar-refractivity contribution in [3.8, 4) is 0 Å². The molecule has 2 aliphatic rings. The predicted molar refractivity (Wildman–Crippen MR) is 108 cm³/mol. The molecule has 0 unspecified atom stereocenters. The maximum Gasteiger partial charge on any atom is 0.338 e. The van der Waals surface area contributed by atoms with Gasteiger partial charge in [0, 0.05) is 13.1 Å². The van der Waals surface area contributed by atoms with E-state index in [0.717, 1.165) is 24.2 Å². The van der Waals surface area contributed by atoms with Crippen molar-refractivity contribution < 1.29 is 23.9 Å². The maximum absolute atomic E-state index is 12.5. The molecular formula is C23H22N2O5. The van der Waals surface area contributed by atoms with Gasteiger partial charge in [0.05, 0.1) is 23.2 Å². The van der Waals surface area contributed by atoms with Crippen molar-refractivity contribution in [2.24, 2.45) is 0 Å². The third-order valence-corrected chi connectivity index (χ3v) is 5.42. The number of hydrogen-bond acceptors (Lipinski definition) is 5. The van der Waals surface area contributed by atoms with E-state index in [0.29, 0.717) is 29.8 Å². The highest BCUT2D eigenvalue weighted by Crippen LogP contribution is 2.24. The van der Waals surface area contributed by atoms with E-state index < -0.39 is 5.97 Å². The minimum atomic E-state index is -0.607. The van der Waals surface area contributed by atoms with Crippen LogP contribution in [0.3, 0.4) is 0 Å². The number of amides is 3. The lowest BCUT2D eigenvalue weighted by Crippen LogP contribution is -2.38. The Labute approximate surface area is 174 Å². The number of piperidine rings is 1. The highest BCUT2D eigenvalue weighted by Gasteiger charge is 2.35. The summed E-state index contributed by atoms with van der Waals surface area (Å²) in [4.78, 5) is 52.5. The summed E-state index contributed by atoms with van der Waals surface area (Å²) in [6.45, 7) is 1.17. The van der Waals surface area contributed by atoms with Gasteiger partial charge in [0.25, 0.3) is 17.7 Å². The minimum Gasteiger partial charge on any atom is -0.452 e. The van der Waals surface area contributed by atoms with E-state index >= 15 is 0 Å². The Balaban J connectivity index is 1.39. The Morgan fingerprint density at radius 2 is 1.53 bits per heavy atom. The third kappa shape index (κ3) is 3.96. The smallest absolute Gasteiger partial charge is 0.338 e. The molecule has 0 atom stereocenters. The second-order valence-electron chi connectivity index (χ2n) is 7.46. The van der Waals surface area contributed by atoms with Crippen LogP contribution in [0, 0.1) is 0 Å². The molecule has 3 amide bonds. The van der Waals surface area contributed by atoms with Crippen LogP contribution in [0.5, 0.6) is 0 Å². The zero-order valence-electron chi connectivity index (χ0n) is 16.5. The van der Waals surface area contributed by atoms with Crippen molar-refractivity contribution in [1.29, 1.82) is 0 Å². The lowest BCUT2D eigenvalue weighted by atomic mass is 10.1.